The van der Waals surface area contributed by atoms with E-state index in [1.165, 1.54) is 0 Å². The van der Waals surface area contributed by atoms with Crippen molar-refractivity contribution in [3.8, 4) is 6.07 Å². The molecule has 1 heterocycles. The summed E-state index contributed by atoms with van der Waals surface area (Å²) in [4.78, 5) is 0. The van der Waals surface area contributed by atoms with Gasteiger partial charge < -0.3 is 4.74 Å². The van der Waals surface area contributed by atoms with Crippen molar-refractivity contribution in [1.29, 1.82) is 10.7 Å². The molecule has 1 rings (SSSR count). The lowest BCUT2D eigenvalue weighted by molar-refractivity contribution is 0.111. The molecule has 0 aromatic rings. The van der Waals surface area contributed by atoms with E-state index in [0.717, 1.165) is 6.42 Å². The van der Waals surface area contributed by atoms with Crippen molar-refractivity contribution in [2.75, 3.05) is 6.61 Å². The van der Waals surface area contributed by atoms with Gasteiger partial charge in [-0.1, -0.05) is 13.8 Å². The van der Waals surface area contributed by atoms with Gasteiger partial charge in [0.25, 0.3) is 0 Å². The van der Waals surface area contributed by atoms with Gasteiger partial charge in [-0.25, -0.2) is 0 Å². The van der Waals surface area contributed by atoms with Gasteiger partial charge in [-0.15, -0.1) is 0 Å². The second-order valence-electron chi connectivity index (χ2n) is 3.70. The maximum absolute atomic E-state index is 8.62. The molecule has 1 saturated heterocycles. The molecule has 0 amide bonds. The summed E-state index contributed by atoms with van der Waals surface area (Å²) in [6.45, 7) is 4.65. The van der Waals surface area contributed by atoms with E-state index in [-0.39, 0.29) is 17.2 Å². The normalized spacial score (nSPS) is 28.8. The van der Waals surface area contributed by atoms with Crippen LogP contribution in [-0.4, -0.2) is 12.5 Å². The van der Waals surface area contributed by atoms with Crippen molar-refractivity contribution in [2.45, 2.75) is 20.3 Å². The molecule has 0 aliphatic carbocycles. The minimum atomic E-state index is -0.334. The first-order valence-electron chi connectivity index (χ1n) is 3.66. The van der Waals surface area contributed by atoms with E-state index in [1.807, 2.05) is 13.8 Å². The number of nitrogens with zero attached hydrogens (tertiary/aromatic N) is 1. The largest absolute Gasteiger partial charge is 0.480 e. The summed E-state index contributed by atoms with van der Waals surface area (Å²) in [5, 5.41) is 15.9. The van der Waals surface area contributed by atoms with Gasteiger partial charge in [0.1, 0.15) is 5.92 Å². The number of ether oxygens (including phenoxy) is 1. The molecular formula is C8H12N2O. The first kappa shape index (κ1) is 8.06. The molecule has 1 unspecified atom stereocenters. The van der Waals surface area contributed by atoms with Crippen molar-refractivity contribution < 1.29 is 4.74 Å². The summed E-state index contributed by atoms with van der Waals surface area (Å²) in [6.07, 6.45) is 0.738. The Balaban J connectivity index is 2.68. The lowest BCUT2D eigenvalue weighted by Gasteiger charge is -2.32. The Labute approximate surface area is 66.5 Å². The second kappa shape index (κ2) is 2.54. The Morgan fingerprint density at radius 1 is 1.73 bits per heavy atom. The molecule has 1 atom stereocenters. The Morgan fingerprint density at radius 3 is 2.82 bits per heavy atom. The van der Waals surface area contributed by atoms with E-state index in [0.29, 0.717) is 6.61 Å². The standard InChI is InChI=1S/C8H12N2O/c1-8(2)3-6(4-9)7(10)11-5-8/h6,10H,3,5H2,1-2H3. The monoisotopic (exact) mass is 152 g/mol. The number of nitriles is 1. The van der Waals surface area contributed by atoms with E-state index >= 15 is 0 Å². The number of hydrogen-bond donors (Lipinski definition) is 1. The molecule has 0 spiro atoms. The van der Waals surface area contributed by atoms with Crippen LogP contribution >= 0.6 is 0 Å². The summed E-state index contributed by atoms with van der Waals surface area (Å²) >= 11 is 0. The maximum atomic E-state index is 8.62. The van der Waals surface area contributed by atoms with Gasteiger partial charge in [0, 0.05) is 5.41 Å². The van der Waals surface area contributed by atoms with Gasteiger partial charge in [0.15, 0.2) is 5.90 Å². The van der Waals surface area contributed by atoms with E-state index in [1.54, 1.807) is 0 Å². The van der Waals surface area contributed by atoms with E-state index in [9.17, 15) is 0 Å². The van der Waals surface area contributed by atoms with Crippen LogP contribution in [0.1, 0.15) is 20.3 Å². The molecule has 3 heteroatoms. The third-order valence-corrected chi connectivity index (χ3v) is 1.85. The molecule has 11 heavy (non-hydrogen) atoms. The fourth-order valence-electron chi connectivity index (χ4n) is 1.18. The Kier molecular flexibility index (Phi) is 1.86. The van der Waals surface area contributed by atoms with Crippen molar-refractivity contribution in [1.82, 2.24) is 0 Å². The third kappa shape index (κ3) is 1.70. The third-order valence-electron chi connectivity index (χ3n) is 1.85. The molecule has 0 aromatic carbocycles. The number of nitrogens with one attached hydrogen (secondary N) is 1. The highest BCUT2D eigenvalue weighted by atomic mass is 16.5. The molecule has 1 aliphatic heterocycles. The zero-order valence-electron chi connectivity index (χ0n) is 6.85. The summed E-state index contributed by atoms with van der Waals surface area (Å²) in [7, 11) is 0. The van der Waals surface area contributed by atoms with E-state index in [4.69, 9.17) is 15.4 Å². The smallest absolute Gasteiger partial charge is 0.198 e. The van der Waals surface area contributed by atoms with Gasteiger partial charge in [-0.2, -0.15) is 5.26 Å². The van der Waals surface area contributed by atoms with Crippen LogP contribution in [-0.2, 0) is 4.74 Å². The first-order chi connectivity index (χ1) is 5.05. The van der Waals surface area contributed by atoms with Crippen molar-refractivity contribution in [2.24, 2.45) is 11.3 Å². The predicted molar refractivity (Wildman–Crippen MR) is 41.2 cm³/mol. The maximum Gasteiger partial charge on any atom is 0.198 e. The van der Waals surface area contributed by atoms with Gasteiger partial charge in [-0.3, -0.25) is 5.41 Å². The van der Waals surface area contributed by atoms with Gasteiger partial charge in [0.2, 0.25) is 0 Å². The predicted octanol–water partition coefficient (Wildman–Crippen LogP) is 1.55. The van der Waals surface area contributed by atoms with Crippen molar-refractivity contribution in [3.05, 3.63) is 0 Å². The van der Waals surface area contributed by atoms with Gasteiger partial charge >= 0.3 is 0 Å². The topological polar surface area (TPSA) is 56.9 Å². The lowest BCUT2D eigenvalue weighted by atomic mass is 9.82. The quantitative estimate of drug-likeness (QED) is 0.572. The van der Waals surface area contributed by atoms with Crippen LogP contribution < -0.4 is 0 Å². The molecule has 3 nitrogen and oxygen atoms in total. The zero-order valence-corrected chi connectivity index (χ0v) is 6.85. The SMILES string of the molecule is CC1(C)COC(=N)C(C#N)C1. The molecule has 0 saturated carbocycles. The molecule has 0 aromatic heterocycles. The molecule has 1 fully saturated rings. The Bertz CT molecular complexity index is 215. The van der Waals surface area contributed by atoms with Crippen LogP contribution in [0.2, 0.25) is 0 Å². The van der Waals surface area contributed by atoms with Crippen LogP contribution in [0, 0.1) is 28.1 Å². The highest BCUT2D eigenvalue weighted by Gasteiger charge is 2.32. The average molecular weight is 152 g/mol. The summed E-state index contributed by atoms with van der Waals surface area (Å²) in [5.74, 6) is -0.203. The van der Waals surface area contributed by atoms with Crippen LogP contribution in [0.5, 0.6) is 0 Å². The van der Waals surface area contributed by atoms with Crippen LogP contribution in [0.4, 0.5) is 0 Å². The molecule has 0 radical (unpaired) electrons. The van der Waals surface area contributed by atoms with Gasteiger partial charge in [-0.05, 0) is 6.42 Å². The molecule has 1 aliphatic rings. The molecular weight excluding hydrogens is 140 g/mol. The van der Waals surface area contributed by atoms with Crippen LogP contribution in [0.3, 0.4) is 0 Å². The average Bonchev–Trinajstić information content (AvgIpc) is 1.94. The van der Waals surface area contributed by atoms with Crippen LogP contribution in [0.25, 0.3) is 0 Å². The fraction of sp³-hybridized carbons (Fsp3) is 0.750. The lowest BCUT2D eigenvalue weighted by Crippen LogP contribution is -2.34. The van der Waals surface area contributed by atoms with E-state index in [2.05, 4.69) is 6.07 Å². The minimum Gasteiger partial charge on any atom is -0.480 e. The highest BCUT2D eigenvalue weighted by molar-refractivity contribution is 5.78. The second-order valence-corrected chi connectivity index (χ2v) is 3.70. The summed E-state index contributed by atoms with van der Waals surface area (Å²) < 4.78 is 5.06. The summed E-state index contributed by atoms with van der Waals surface area (Å²) in [6, 6.07) is 2.06. The number of hydrogen-bond acceptors (Lipinski definition) is 3. The first-order valence-corrected chi connectivity index (χ1v) is 3.66. The van der Waals surface area contributed by atoms with E-state index < -0.39 is 0 Å². The molecule has 0 bridgehead atoms. The van der Waals surface area contributed by atoms with Crippen LogP contribution in [0.15, 0.2) is 0 Å². The molecule has 1 N–H and O–H groups in total. The fourth-order valence-corrected chi connectivity index (χ4v) is 1.18. The minimum absolute atomic E-state index is 0.0466. The highest BCUT2D eigenvalue weighted by Crippen LogP contribution is 2.30. The van der Waals surface area contributed by atoms with Crippen molar-refractivity contribution >= 4 is 5.90 Å². The Morgan fingerprint density at radius 2 is 2.36 bits per heavy atom. The van der Waals surface area contributed by atoms with Gasteiger partial charge in [0.05, 0.1) is 12.7 Å². The molecule has 60 valence electrons. The summed E-state index contributed by atoms with van der Waals surface area (Å²) in [5.41, 5.74) is 0.0466. The number of rotatable bonds is 0. The zero-order chi connectivity index (χ0) is 8.48. The Hall–Kier alpha value is -1.04. The van der Waals surface area contributed by atoms with Crippen molar-refractivity contribution in [3.63, 3.8) is 0 Å².